The Balaban J connectivity index is 3.02. The minimum absolute atomic E-state index is 0.139. The Morgan fingerprint density at radius 1 is 1.29 bits per heavy atom. The topological polar surface area (TPSA) is 47.2 Å². The van der Waals surface area contributed by atoms with Gasteiger partial charge in [-0.05, 0) is 6.07 Å². The van der Waals surface area contributed by atoms with Crippen molar-refractivity contribution in [1.29, 1.82) is 0 Å². The quantitative estimate of drug-likeness (QED) is 0.513. The molecule has 2 rings (SSSR count). The molecule has 1 aromatic heterocycles. The number of hydrogen-bond acceptors (Lipinski definition) is 2. The maximum atomic E-state index is 13.1. The van der Waals surface area contributed by atoms with Crippen molar-refractivity contribution >= 4 is 10.9 Å². The summed E-state index contributed by atoms with van der Waals surface area (Å²) in [5, 5.41) is 20.2. The number of rotatable bonds is 0. The van der Waals surface area contributed by atoms with Crippen molar-refractivity contribution in [2.75, 3.05) is 0 Å². The molecule has 3 nitrogen and oxygen atoms in total. The molecule has 0 aliphatic carbocycles. The summed E-state index contributed by atoms with van der Waals surface area (Å²) in [7, 11) is 0. The minimum Gasteiger partial charge on any atom is -0.618 e. The van der Waals surface area contributed by atoms with Crippen molar-refractivity contribution in [3.05, 3.63) is 41.2 Å². The van der Waals surface area contributed by atoms with Gasteiger partial charge in [-0.2, -0.15) is 9.12 Å². The summed E-state index contributed by atoms with van der Waals surface area (Å²) < 4.78 is 26.2. The molecule has 14 heavy (non-hydrogen) atoms. The van der Waals surface area contributed by atoms with Crippen LogP contribution in [0.15, 0.2) is 24.4 Å². The number of aromatic hydroxyl groups is 1. The SMILES string of the molecule is [O-][n+]1cccc2c(O)c(F)cc(F)c21. The summed E-state index contributed by atoms with van der Waals surface area (Å²) in [6, 6.07) is 3.05. The van der Waals surface area contributed by atoms with Gasteiger partial charge in [0.1, 0.15) is 0 Å². The van der Waals surface area contributed by atoms with Gasteiger partial charge in [0.15, 0.2) is 23.6 Å². The number of benzene rings is 1. The highest BCUT2D eigenvalue weighted by atomic mass is 19.1. The average molecular weight is 197 g/mol. The highest BCUT2D eigenvalue weighted by Gasteiger charge is 2.17. The first-order chi connectivity index (χ1) is 6.61. The first kappa shape index (κ1) is 8.68. The second-order valence-corrected chi connectivity index (χ2v) is 2.79. The van der Waals surface area contributed by atoms with Gasteiger partial charge < -0.3 is 10.3 Å². The Labute approximate surface area is 77.4 Å². The molecule has 1 heterocycles. The van der Waals surface area contributed by atoms with E-state index in [2.05, 4.69) is 0 Å². The van der Waals surface area contributed by atoms with E-state index in [1.54, 1.807) is 0 Å². The first-order valence-electron chi connectivity index (χ1n) is 3.80. The summed E-state index contributed by atoms with van der Waals surface area (Å²) in [6.07, 6.45) is 1.07. The number of halogens is 2. The van der Waals surface area contributed by atoms with Crippen LogP contribution in [-0.2, 0) is 0 Å². The zero-order chi connectivity index (χ0) is 10.3. The Bertz CT molecular complexity index is 514. The highest BCUT2D eigenvalue weighted by Crippen LogP contribution is 2.27. The molecular formula is C9H5F2NO2. The van der Waals surface area contributed by atoms with Gasteiger partial charge >= 0.3 is 0 Å². The molecule has 0 amide bonds. The average Bonchev–Trinajstić information content (AvgIpc) is 2.14. The van der Waals surface area contributed by atoms with Gasteiger partial charge in [-0.3, -0.25) is 0 Å². The molecule has 1 aromatic carbocycles. The fourth-order valence-corrected chi connectivity index (χ4v) is 1.29. The van der Waals surface area contributed by atoms with Crippen LogP contribution in [0.5, 0.6) is 5.75 Å². The van der Waals surface area contributed by atoms with E-state index >= 15 is 0 Å². The number of aromatic nitrogens is 1. The van der Waals surface area contributed by atoms with E-state index in [1.165, 1.54) is 12.1 Å². The monoisotopic (exact) mass is 197 g/mol. The van der Waals surface area contributed by atoms with Gasteiger partial charge in [0.25, 0.3) is 5.52 Å². The summed E-state index contributed by atoms with van der Waals surface area (Å²) in [5.74, 6) is -2.79. The Morgan fingerprint density at radius 3 is 2.71 bits per heavy atom. The van der Waals surface area contributed by atoms with Crippen LogP contribution in [0, 0.1) is 16.8 Å². The third kappa shape index (κ3) is 1.06. The van der Waals surface area contributed by atoms with E-state index in [1.807, 2.05) is 0 Å². The van der Waals surface area contributed by atoms with Crippen molar-refractivity contribution in [3.8, 4) is 5.75 Å². The van der Waals surface area contributed by atoms with Gasteiger partial charge in [0.05, 0.1) is 5.39 Å². The van der Waals surface area contributed by atoms with Gasteiger partial charge in [-0.25, -0.2) is 4.39 Å². The molecule has 0 unspecified atom stereocenters. The van der Waals surface area contributed by atoms with Crippen molar-refractivity contribution < 1.29 is 18.6 Å². The number of phenols is 1. The number of fused-ring (bicyclic) bond motifs is 1. The van der Waals surface area contributed by atoms with Crippen molar-refractivity contribution in [3.63, 3.8) is 0 Å². The first-order valence-corrected chi connectivity index (χ1v) is 3.80. The standard InChI is InChI=1S/C9H5F2NO2/c10-6-4-7(11)9(13)5-2-1-3-12(14)8(5)6/h1-4,13H. The van der Waals surface area contributed by atoms with Crippen LogP contribution in [0.1, 0.15) is 0 Å². The van der Waals surface area contributed by atoms with Gasteiger partial charge in [0, 0.05) is 12.1 Å². The van der Waals surface area contributed by atoms with E-state index in [-0.39, 0.29) is 15.6 Å². The van der Waals surface area contributed by atoms with Crippen molar-refractivity contribution in [1.82, 2.24) is 0 Å². The molecule has 0 saturated carbocycles. The predicted octanol–water partition coefficient (Wildman–Crippen LogP) is 1.46. The largest absolute Gasteiger partial charge is 0.618 e. The van der Waals surface area contributed by atoms with Gasteiger partial charge in [-0.15, -0.1) is 0 Å². The van der Waals surface area contributed by atoms with E-state index in [9.17, 15) is 19.1 Å². The van der Waals surface area contributed by atoms with Crippen LogP contribution in [0.2, 0.25) is 0 Å². The van der Waals surface area contributed by atoms with E-state index in [0.29, 0.717) is 6.07 Å². The zero-order valence-electron chi connectivity index (χ0n) is 6.87. The third-order valence-electron chi connectivity index (χ3n) is 1.92. The fraction of sp³-hybridized carbons (Fsp3) is 0. The fourth-order valence-electron chi connectivity index (χ4n) is 1.29. The molecule has 0 spiro atoms. The molecule has 0 fully saturated rings. The molecule has 0 aliphatic rings. The second-order valence-electron chi connectivity index (χ2n) is 2.79. The molecule has 0 atom stereocenters. The molecule has 1 N–H and O–H groups in total. The lowest BCUT2D eigenvalue weighted by molar-refractivity contribution is -0.578. The number of phenolic OH excluding ortho intramolecular Hbond substituents is 1. The van der Waals surface area contributed by atoms with E-state index in [0.717, 1.165) is 6.20 Å². The summed E-state index contributed by atoms with van der Waals surface area (Å²) in [4.78, 5) is 0. The lowest BCUT2D eigenvalue weighted by Gasteiger charge is -2.03. The maximum Gasteiger partial charge on any atom is 0.263 e. The molecular weight excluding hydrogens is 192 g/mol. The molecule has 5 heteroatoms. The second kappa shape index (κ2) is 2.80. The third-order valence-corrected chi connectivity index (χ3v) is 1.92. The van der Waals surface area contributed by atoms with Crippen LogP contribution in [0.4, 0.5) is 8.78 Å². The molecule has 0 saturated heterocycles. The highest BCUT2D eigenvalue weighted by molar-refractivity contribution is 5.83. The van der Waals surface area contributed by atoms with Gasteiger partial charge in [-0.1, -0.05) is 0 Å². The van der Waals surface area contributed by atoms with Crippen LogP contribution in [0.3, 0.4) is 0 Å². The van der Waals surface area contributed by atoms with Crippen molar-refractivity contribution in [2.24, 2.45) is 0 Å². The maximum absolute atomic E-state index is 13.1. The van der Waals surface area contributed by atoms with E-state index in [4.69, 9.17) is 0 Å². The number of pyridine rings is 1. The van der Waals surface area contributed by atoms with Crippen LogP contribution >= 0.6 is 0 Å². The minimum atomic E-state index is -1.08. The molecule has 2 aromatic rings. The van der Waals surface area contributed by atoms with Crippen LogP contribution in [-0.4, -0.2) is 5.11 Å². The Hall–Kier alpha value is -1.91. The molecule has 0 bridgehead atoms. The van der Waals surface area contributed by atoms with Crippen molar-refractivity contribution in [2.45, 2.75) is 0 Å². The number of nitrogens with zero attached hydrogens (tertiary/aromatic N) is 1. The smallest absolute Gasteiger partial charge is 0.263 e. The summed E-state index contributed by atoms with van der Waals surface area (Å²) in [5.41, 5.74) is -0.369. The summed E-state index contributed by atoms with van der Waals surface area (Å²) >= 11 is 0. The number of hydrogen-bond donors (Lipinski definition) is 1. The Morgan fingerprint density at radius 2 is 2.00 bits per heavy atom. The normalized spacial score (nSPS) is 10.7. The van der Waals surface area contributed by atoms with Crippen LogP contribution in [0.25, 0.3) is 10.9 Å². The predicted molar refractivity (Wildman–Crippen MR) is 44.5 cm³/mol. The molecule has 0 radical (unpaired) electrons. The van der Waals surface area contributed by atoms with Gasteiger partial charge in [0.2, 0.25) is 0 Å². The molecule has 0 aliphatic heterocycles. The van der Waals surface area contributed by atoms with Crippen LogP contribution < -0.4 is 4.73 Å². The molecule has 72 valence electrons. The summed E-state index contributed by atoms with van der Waals surface area (Å²) in [6.45, 7) is 0. The zero-order valence-corrected chi connectivity index (χ0v) is 6.87. The lowest BCUT2D eigenvalue weighted by atomic mass is 10.2. The Kier molecular flexibility index (Phi) is 1.73. The lowest BCUT2D eigenvalue weighted by Crippen LogP contribution is -2.27. The van der Waals surface area contributed by atoms with E-state index < -0.39 is 17.4 Å².